The van der Waals surface area contributed by atoms with Gasteiger partial charge < -0.3 is 33.7 Å². The molecule has 10 heteroatoms. The summed E-state index contributed by atoms with van der Waals surface area (Å²) in [5, 5.41) is 9.72. The normalized spacial score (nSPS) is 15.8. The number of hydrogen-bond acceptors (Lipinski definition) is 8. The molecular weight excluding hydrogens is 512 g/mol. The van der Waals surface area contributed by atoms with Crippen LogP contribution in [-0.4, -0.2) is 73.4 Å². The van der Waals surface area contributed by atoms with Gasteiger partial charge in [-0.15, -0.1) is 0 Å². The number of anilines is 2. The van der Waals surface area contributed by atoms with Crippen molar-refractivity contribution in [2.24, 2.45) is 0 Å². The summed E-state index contributed by atoms with van der Waals surface area (Å²) < 4.78 is 17.7. The largest absolute Gasteiger partial charge is 0.511 e. The molecule has 0 radical (unpaired) electrons. The minimum absolute atomic E-state index is 0.219. The number of pyridine rings is 2. The lowest BCUT2D eigenvalue weighted by molar-refractivity contribution is 0.122. The van der Waals surface area contributed by atoms with E-state index in [1.807, 2.05) is 59.3 Å². The number of morpholine rings is 2. The Kier molecular flexibility index (Phi) is 7.35. The maximum atomic E-state index is 13.4. The third-order valence-electron chi connectivity index (χ3n) is 7.33. The van der Waals surface area contributed by atoms with Crippen LogP contribution in [-0.2, 0) is 16.0 Å². The van der Waals surface area contributed by atoms with Crippen LogP contribution in [0.15, 0.2) is 71.8 Å². The van der Waals surface area contributed by atoms with Crippen LogP contribution in [0.1, 0.15) is 5.56 Å². The van der Waals surface area contributed by atoms with E-state index in [0.29, 0.717) is 57.0 Å². The number of aromatic nitrogens is 2. The standard InChI is InChI=1S/C30H30N4O6/c35-29-26(40-30(36)37)20-34(25-3-1-2-24(28(25)29)32-10-14-38-15-11-32)19-21-4-6-22(7-5-21)23-8-9-27(31-18-23)33-12-16-39-17-13-33/h1-9,18,20H,10-17,19H2,(H,36,37). The molecule has 0 atom stereocenters. The van der Waals surface area contributed by atoms with Crippen molar-refractivity contribution in [2.75, 3.05) is 62.4 Å². The van der Waals surface area contributed by atoms with Gasteiger partial charge in [-0.05, 0) is 35.4 Å². The summed E-state index contributed by atoms with van der Waals surface area (Å²) in [6.07, 6.45) is 1.84. The van der Waals surface area contributed by atoms with E-state index in [9.17, 15) is 14.7 Å². The van der Waals surface area contributed by atoms with E-state index in [4.69, 9.17) is 14.2 Å². The number of fused-ring (bicyclic) bond motifs is 1. The van der Waals surface area contributed by atoms with Crippen molar-refractivity contribution in [1.29, 1.82) is 0 Å². The molecule has 0 aliphatic carbocycles. The fraction of sp³-hybridized carbons (Fsp3) is 0.300. The van der Waals surface area contributed by atoms with Crippen LogP contribution < -0.4 is 20.0 Å². The van der Waals surface area contributed by atoms with E-state index >= 15 is 0 Å². The summed E-state index contributed by atoms with van der Waals surface area (Å²) in [5.74, 6) is 0.730. The van der Waals surface area contributed by atoms with Gasteiger partial charge in [0.1, 0.15) is 5.82 Å². The van der Waals surface area contributed by atoms with Gasteiger partial charge in [0.05, 0.1) is 49.2 Å². The van der Waals surface area contributed by atoms with E-state index < -0.39 is 11.6 Å². The molecule has 1 N–H and O–H groups in total. The molecule has 2 saturated heterocycles. The molecule has 10 nitrogen and oxygen atoms in total. The molecule has 0 unspecified atom stereocenters. The fourth-order valence-electron chi connectivity index (χ4n) is 5.29. The maximum absolute atomic E-state index is 13.4. The summed E-state index contributed by atoms with van der Waals surface area (Å²) in [6.45, 7) is 5.96. The first-order chi connectivity index (χ1) is 19.6. The molecule has 2 aliphatic heterocycles. The summed E-state index contributed by atoms with van der Waals surface area (Å²) in [5.41, 5.74) is 4.06. The Hall–Kier alpha value is -4.41. The van der Waals surface area contributed by atoms with Gasteiger partial charge in [-0.25, -0.2) is 9.78 Å². The van der Waals surface area contributed by atoms with Crippen molar-refractivity contribution in [3.05, 3.63) is 82.8 Å². The SMILES string of the molecule is O=C(O)Oc1cn(Cc2ccc(-c3ccc(N4CCOCC4)nc3)cc2)c2cccc(N3CCOCC3)c2c1=O. The molecule has 40 heavy (non-hydrogen) atoms. The summed E-state index contributed by atoms with van der Waals surface area (Å²) in [6, 6.07) is 17.9. The number of carboxylic acid groups (broad SMARTS) is 1. The van der Waals surface area contributed by atoms with Crippen LogP contribution in [0.25, 0.3) is 22.0 Å². The zero-order valence-electron chi connectivity index (χ0n) is 22.0. The zero-order chi connectivity index (χ0) is 27.5. The lowest BCUT2D eigenvalue weighted by atomic mass is 10.1. The van der Waals surface area contributed by atoms with Crippen LogP contribution in [0.4, 0.5) is 16.3 Å². The molecule has 4 aromatic rings. The van der Waals surface area contributed by atoms with Crippen LogP contribution in [0, 0.1) is 0 Å². The summed E-state index contributed by atoms with van der Waals surface area (Å²) in [7, 11) is 0. The van der Waals surface area contributed by atoms with E-state index in [-0.39, 0.29) is 5.75 Å². The van der Waals surface area contributed by atoms with E-state index in [2.05, 4.69) is 20.9 Å². The highest BCUT2D eigenvalue weighted by Crippen LogP contribution is 2.28. The molecule has 6 rings (SSSR count). The highest BCUT2D eigenvalue weighted by Gasteiger charge is 2.20. The Labute approximate surface area is 230 Å². The van der Waals surface area contributed by atoms with E-state index in [1.165, 1.54) is 6.20 Å². The predicted molar refractivity (Wildman–Crippen MR) is 152 cm³/mol. The molecule has 2 aromatic heterocycles. The number of nitrogens with zero attached hydrogens (tertiary/aromatic N) is 4. The summed E-state index contributed by atoms with van der Waals surface area (Å²) in [4.78, 5) is 33.7. The van der Waals surface area contributed by atoms with Crippen LogP contribution in [0.2, 0.25) is 0 Å². The van der Waals surface area contributed by atoms with Gasteiger partial charge in [0, 0.05) is 44.5 Å². The molecule has 4 heterocycles. The van der Waals surface area contributed by atoms with Crippen molar-refractivity contribution >= 4 is 28.6 Å². The predicted octanol–water partition coefficient (Wildman–Crippen LogP) is 3.84. The van der Waals surface area contributed by atoms with Gasteiger partial charge in [0.2, 0.25) is 5.43 Å². The van der Waals surface area contributed by atoms with Gasteiger partial charge in [0.15, 0.2) is 5.75 Å². The first kappa shape index (κ1) is 25.8. The molecular formula is C30H30N4O6. The molecule has 2 aromatic carbocycles. The summed E-state index contributed by atoms with van der Waals surface area (Å²) >= 11 is 0. The van der Waals surface area contributed by atoms with Crippen LogP contribution >= 0.6 is 0 Å². The lowest BCUT2D eigenvalue weighted by Crippen LogP contribution is -2.37. The average molecular weight is 543 g/mol. The molecule has 2 aliphatic rings. The second kappa shape index (κ2) is 11.4. The third kappa shape index (κ3) is 5.36. The van der Waals surface area contributed by atoms with E-state index in [1.54, 1.807) is 0 Å². The van der Waals surface area contributed by atoms with Crippen molar-refractivity contribution in [1.82, 2.24) is 9.55 Å². The second-order valence-electron chi connectivity index (χ2n) is 9.79. The quantitative estimate of drug-likeness (QED) is 0.364. The molecule has 2 fully saturated rings. The molecule has 0 amide bonds. The molecule has 0 saturated carbocycles. The minimum Gasteiger partial charge on any atom is -0.449 e. The number of hydrogen-bond donors (Lipinski definition) is 1. The molecule has 0 spiro atoms. The average Bonchev–Trinajstić information content (AvgIpc) is 3.00. The second-order valence-corrected chi connectivity index (χ2v) is 9.79. The molecule has 206 valence electrons. The number of ether oxygens (including phenoxy) is 3. The van der Waals surface area contributed by atoms with Crippen molar-refractivity contribution in [3.63, 3.8) is 0 Å². The van der Waals surface area contributed by atoms with Crippen molar-refractivity contribution < 1.29 is 24.1 Å². The van der Waals surface area contributed by atoms with Crippen molar-refractivity contribution in [2.45, 2.75) is 6.54 Å². The topological polar surface area (TPSA) is 106 Å². The third-order valence-corrected chi connectivity index (χ3v) is 7.33. The maximum Gasteiger partial charge on any atom is 0.511 e. The number of benzene rings is 2. The van der Waals surface area contributed by atoms with Gasteiger partial charge in [-0.3, -0.25) is 4.79 Å². The van der Waals surface area contributed by atoms with Gasteiger partial charge in [0.25, 0.3) is 0 Å². The van der Waals surface area contributed by atoms with Gasteiger partial charge >= 0.3 is 6.16 Å². The number of rotatable bonds is 6. The Morgan fingerprint density at radius 3 is 2.20 bits per heavy atom. The van der Waals surface area contributed by atoms with Crippen LogP contribution in [0.5, 0.6) is 5.75 Å². The highest BCUT2D eigenvalue weighted by molar-refractivity contribution is 5.93. The Morgan fingerprint density at radius 2 is 1.55 bits per heavy atom. The van der Waals surface area contributed by atoms with Crippen molar-refractivity contribution in [3.8, 4) is 16.9 Å². The monoisotopic (exact) mass is 542 g/mol. The van der Waals surface area contributed by atoms with E-state index in [0.717, 1.165) is 41.3 Å². The smallest absolute Gasteiger partial charge is 0.449 e. The Morgan fingerprint density at radius 1 is 0.875 bits per heavy atom. The Balaban J connectivity index is 1.30. The fourth-order valence-corrected chi connectivity index (χ4v) is 5.29. The first-order valence-corrected chi connectivity index (χ1v) is 13.3. The lowest BCUT2D eigenvalue weighted by Gasteiger charge is -2.30. The number of carbonyl (C=O) groups is 1. The van der Waals surface area contributed by atoms with Gasteiger partial charge in [-0.1, -0.05) is 30.3 Å². The first-order valence-electron chi connectivity index (χ1n) is 13.3. The van der Waals surface area contributed by atoms with Crippen LogP contribution in [0.3, 0.4) is 0 Å². The zero-order valence-corrected chi connectivity index (χ0v) is 22.0. The van der Waals surface area contributed by atoms with Gasteiger partial charge in [-0.2, -0.15) is 0 Å². The highest BCUT2D eigenvalue weighted by atomic mass is 16.7. The Bertz CT molecular complexity index is 1560. The minimum atomic E-state index is -1.52. The molecule has 0 bridgehead atoms.